The molecule has 0 saturated carbocycles. The lowest BCUT2D eigenvalue weighted by Crippen LogP contribution is -2.52. The fourth-order valence-electron chi connectivity index (χ4n) is 4.76. The summed E-state index contributed by atoms with van der Waals surface area (Å²) in [5.41, 5.74) is 2.94. The third kappa shape index (κ3) is 6.58. The first-order chi connectivity index (χ1) is 13.0. The molecule has 0 aromatic heterocycles. The first-order valence-corrected chi connectivity index (χ1v) is 11.3. The Morgan fingerprint density at radius 2 is 1.56 bits per heavy atom. The van der Waals surface area contributed by atoms with Crippen LogP contribution >= 0.6 is 0 Å². The van der Waals surface area contributed by atoms with Crippen LogP contribution in [0.1, 0.15) is 64.5 Å². The van der Waals surface area contributed by atoms with Gasteiger partial charge in [0.05, 0.1) is 0 Å². The van der Waals surface area contributed by atoms with Gasteiger partial charge in [-0.3, -0.25) is 4.90 Å². The number of hydrogen-bond acceptors (Lipinski definition) is 3. The lowest BCUT2D eigenvalue weighted by Gasteiger charge is -2.39. The molecular weight excluding hydrogens is 330 g/mol. The van der Waals surface area contributed by atoms with Crippen molar-refractivity contribution >= 4 is 0 Å². The van der Waals surface area contributed by atoms with Gasteiger partial charge >= 0.3 is 0 Å². The summed E-state index contributed by atoms with van der Waals surface area (Å²) in [6, 6.07) is 11.4. The minimum atomic E-state index is 0.676. The Balaban J connectivity index is 1.44. The quantitative estimate of drug-likeness (QED) is 0.770. The van der Waals surface area contributed by atoms with Crippen molar-refractivity contribution < 1.29 is 0 Å². The summed E-state index contributed by atoms with van der Waals surface area (Å²) in [7, 11) is 0. The summed E-state index contributed by atoms with van der Waals surface area (Å²) >= 11 is 0. The van der Waals surface area contributed by atoms with Gasteiger partial charge in [-0.15, -0.1) is 0 Å². The Labute approximate surface area is 167 Å². The van der Waals surface area contributed by atoms with Crippen molar-refractivity contribution in [3.8, 4) is 0 Å². The van der Waals surface area contributed by atoms with Gasteiger partial charge in [-0.2, -0.15) is 0 Å². The van der Waals surface area contributed by atoms with E-state index in [-0.39, 0.29) is 0 Å². The Hall–Kier alpha value is -0.900. The van der Waals surface area contributed by atoms with Crippen LogP contribution in [-0.4, -0.2) is 54.1 Å². The van der Waals surface area contributed by atoms with Gasteiger partial charge < -0.3 is 10.2 Å². The van der Waals surface area contributed by atoms with Crippen LogP contribution in [0, 0.1) is 5.92 Å². The molecule has 3 nitrogen and oxygen atoms in total. The van der Waals surface area contributed by atoms with Crippen LogP contribution in [0.2, 0.25) is 0 Å². The zero-order valence-electron chi connectivity index (χ0n) is 18.1. The van der Waals surface area contributed by atoms with Crippen LogP contribution < -0.4 is 5.32 Å². The summed E-state index contributed by atoms with van der Waals surface area (Å²) in [6.45, 7) is 15.3. The van der Waals surface area contributed by atoms with E-state index in [1.54, 1.807) is 0 Å². The second kappa shape index (κ2) is 10.0. The van der Waals surface area contributed by atoms with Crippen LogP contribution in [0.25, 0.3) is 0 Å². The van der Waals surface area contributed by atoms with Gasteiger partial charge in [-0.25, -0.2) is 0 Å². The van der Waals surface area contributed by atoms with Crippen molar-refractivity contribution in [2.45, 2.75) is 84.5 Å². The van der Waals surface area contributed by atoms with Crippen molar-refractivity contribution in [3.05, 3.63) is 35.4 Å². The molecule has 1 aromatic rings. The molecule has 0 bridgehead atoms. The molecule has 2 saturated heterocycles. The standard InChI is InChI=1S/C24H41N3/c1-19(2)16-21-7-9-22(10-8-21)17-26-13-5-6-24(18-26)25-23-11-14-27(15-12-23)20(3)4/h7-10,19-20,23-25H,5-6,11-18H2,1-4H3/t24-/m0/s1. The van der Waals surface area contributed by atoms with E-state index in [0.29, 0.717) is 12.1 Å². The maximum Gasteiger partial charge on any atom is 0.0234 e. The van der Waals surface area contributed by atoms with Crippen LogP contribution in [0.3, 0.4) is 0 Å². The second-order valence-electron chi connectivity index (χ2n) is 9.56. The number of rotatable bonds is 7. The smallest absolute Gasteiger partial charge is 0.0234 e. The SMILES string of the molecule is CC(C)Cc1ccc(CN2CCC[C@H](NC3CCN(C(C)C)CC3)C2)cc1. The van der Waals surface area contributed by atoms with Gasteiger partial charge in [-0.05, 0) is 82.6 Å². The molecule has 1 aromatic carbocycles. The van der Waals surface area contributed by atoms with Crippen molar-refractivity contribution in [2.75, 3.05) is 26.2 Å². The van der Waals surface area contributed by atoms with Gasteiger partial charge in [0.2, 0.25) is 0 Å². The minimum absolute atomic E-state index is 0.676. The molecule has 3 rings (SSSR count). The van der Waals surface area contributed by atoms with Crippen LogP contribution in [0.4, 0.5) is 0 Å². The molecule has 1 atom stereocenters. The molecule has 2 aliphatic rings. The highest BCUT2D eigenvalue weighted by molar-refractivity contribution is 5.23. The van der Waals surface area contributed by atoms with Crippen molar-refractivity contribution in [1.82, 2.24) is 15.1 Å². The Morgan fingerprint density at radius 3 is 2.19 bits per heavy atom. The van der Waals surface area contributed by atoms with E-state index in [9.17, 15) is 0 Å². The molecule has 0 spiro atoms. The molecule has 2 aliphatic heterocycles. The van der Waals surface area contributed by atoms with Crippen molar-refractivity contribution in [2.24, 2.45) is 5.92 Å². The third-order valence-corrected chi connectivity index (χ3v) is 6.31. The number of piperidine rings is 2. The molecule has 1 N–H and O–H groups in total. The Kier molecular flexibility index (Phi) is 7.75. The monoisotopic (exact) mass is 371 g/mol. The number of hydrogen-bond donors (Lipinski definition) is 1. The van der Waals surface area contributed by atoms with Crippen molar-refractivity contribution in [3.63, 3.8) is 0 Å². The molecule has 152 valence electrons. The van der Waals surface area contributed by atoms with E-state index in [4.69, 9.17) is 0 Å². The summed E-state index contributed by atoms with van der Waals surface area (Å²) in [6.07, 6.45) is 6.48. The molecule has 0 amide bonds. The number of nitrogens with zero attached hydrogens (tertiary/aromatic N) is 2. The number of likely N-dealkylation sites (tertiary alicyclic amines) is 2. The lowest BCUT2D eigenvalue weighted by atomic mass is 9.98. The summed E-state index contributed by atoms with van der Waals surface area (Å²) in [5.74, 6) is 0.734. The third-order valence-electron chi connectivity index (χ3n) is 6.31. The largest absolute Gasteiger partial charge is 0.310 e. The highest BCUT2D eigenvalue weighted by Crippen LogP contribution is 2.19. The zero-order chi connectivity index (χ0) is 19.2. The van der Waals surface area contributed by atoms with E-state index >= 15 is 0 Å². The molecule has 0 unspecified atom stereocenters. The number of benzene rings is 1. The molecule has 3 heteroatoms. The van der Waals surface area contributed by atoms with E-state index in [2.05, 4.69) is 67.1 Å². The Morgan fingerprint density at radius 1 is 0.889 bits per heavy atom. The van der Waals surface area contributed by atoms with E-state index in [0.717, 1.165) is 18.5 Å². The molecule has 0 radical (unpaired) electrons. The first kappa shape index (κ1) is 20.8. The average molecular weight is 372 g/mol. The molecule has 0 aliphatic carbocycles. The first-order valence-electron chi connectivity index (χ1n) is 11.3. The second-order valence-corrected chi connectivity index (χ2v) is 9.56. The van der Waals surface area contributed by atoms with Crippen LogP contribution in [-0.2, 0) is 13.0 Å². The van der Waals surface area contributed by atoms with Gasteiger partial charge in [0, 0.05) is 31.2 Å². The van der Waals surface area contributed by atoms with E-state index < -0.39 is 0 Å². The van der Waals surface area contributed by atoms with Crippen LogP contribution in [0.5, 0.6) is 0 Å². The van der Waals surface area contributed by atoms with Gasteiger partial charge in [0.15, 0.2) is 0 Å². The Bertz CT molecular complexity index is 543. The van der Waals surface area contributed by atoms with Crippen LogP contribution in [0.15, 0.2) is 24.3 Å². The highest BCUT2D eigenvalue weighted by atomic mass is 15.2. The molecule has 2 fully saturated rings. The molecular formula is C24H41N3. The summed E-state index contributed by atoms with van der Waals surface area (Å²) < 4.78 is 0. The van der Waals surface area contributed by atoms with Gasteiger partial charge in [-0.1, -0.05) is 38.1 Å². The van der Waals surface area contributed by atoms with Gasteiger partial charge in [0.25, 0.3) is 0 Å². The van der Waals surface area contributed by atoms with E-state index in [1.807, 2.05) is 0 Å². The molecule has 27 heavy (non-hydrogen) atoms. The zero-order valence-corrected chi connectivity index (χ0v) is 18.1. The average Bonchev–Trinajstić information content (AvgIpc) is 2.64. The molecule has 2 heterocycles. The summed E-state index contributed by atoms with van der Waals surface area (Å²) in [4.78, 5) is 5.27. The van der Waals surface area contributed by atoms with Gasteiger partial charge in [0.1, 0.15) is 0 Å². The summed E-state index contributed by atoms with van der Waals surface area (Å²) in [5, 5.41) is 4.00. The lowest BCUT2D eigenvalue weighted by molar-refractivity contribution is 0.134. The predicted molar refractivity (Wildman–Crippen MR) is 116 cm³/mol. The van der Waals surface area contributed by atoms with E-state index in [1.165, 1.54) is 69.4 Å². The minimum Gasteiger partial charge on any atom is -0.310 e. The fraction of sp³-hybridized carbons (Fsp3) is 0.750. The predicted octanol–water partition coefficient (Wildman–Crippen LogP) is 4.31. The fourth-order valence-corrected chi connectivity index (χ4v) is 4.76. The van der Waals surface area contributed by atoms with Crippen molar-refractivity contribution in [1.29, 1.82) is 0 Å². The normalized spacial score (nSPS) is 23.4. The number of nitrogens with one attached hydrogen (secondary N) is 1. The highest BCUT2D eigenvalue weighted by Gasteiger charge is 2.25. The maximum atomic E-state index is 4.00. The maximum absolute atomic E-state index is 4.00. The topological polar surface area (TPSA) is 18.5 Å².